The fourth-order valence-electron chi connectivity index (χ4n) is 2.76. The first-order valence-electron chi connectivity index (χ1n) is 8.76. The van der Waals surface area contributed by atoms with Crippen LogP contribution in [0.4, 0.5) is 4.39 Å². The summed E-state index contributed by atoms with van der Waals surface area (Å²) in [5.74, 6) is -1.19. The number of nitrogens with one attached hydrogen (secondary N) is 3. The van der Waals surface area contributed by atoms with Gasteiger partial charge in [0.2, 0.25) is 15.9 Å². The molecule has 3 N–H and O–H groups in total. The number of nitrogens with zero attached hydrogens (tertiary/aromatic N) is 1. The second-order valence-corrected chi connectivity index (χ2v) is 8.37. The molecule has 3 rings (SSSR count). The van der Waals surface area contributed by atoms with Gasteiger partial charge in [-0.2, -0.15) is 4.72 Å². The van der Waals surface area contributed by atoms with Gasteiger partial charge in [-0.15, -0.1) is 0 Å². The van der Waals surface area contributed by atoms with Crippen molar-refractivity contribution in [2.75, 3.05) is 0 Å². The fraction of sp³-hybridized carbons (Fsp3) is 0.263. The lowest BCUT2D eigenvalue weighted by molar-refractivity contribution is -0.123. The molecule has 2 aromatic carbocycles. The Kier molecular flexibility index (Phi) is 5.76. The molecule has 0 unspecified atom stereocenters. The largest absolute Gasteiger partial charge is 0.347 e. The van der Waals surface area contributed by atoms with Crippen molar-refractivity contribution in [1.29, 1.82) is 0 Å². The van der Waals surface area contributed by atoms with Gasteiger partial charge < -0.3 is 10.3 Å². The lowest BCUT2D eigenvalue weighted by atomic mass is 10.1. The number of H-pyrrole nitrogens is 1. The number of fused-ring (bicyclic) bond motifs is 1. The SMILES string of the molecule is CC(C)[C@H](NS(=O)(=O)c1ccccc1F)C(=O)NCc1nc2ccccc2[nH]1. The average Bonchev–Trinajstić information content (AvgIpc) is 3.07. The van der Waals surface area contributed by atoms with Crippen molar-refractivity contribution in [3.8, 4) is 0 Å². The van der Waals surface area contributed by atoms with Crippen LogP contribution in [0.25, 0.3) is 11.0 Å². The summed E-state index contributed by atoms with van der Waals surface area (Å²) in [4.78, 5) is 19.5. The van der Waals surface area contributed by atoms with E-state index < -0.39 is 32.7 Å². The maximum Gasteiger partial charge on any atom is 0.244 e. The van der Waals surface area contributed by atoms with E-state index >= 15 is 0 Å². The van der Waals surface area contributed by atoms with E-state index in [-0.39, 0.29) is 12.5 Å². The molecule has 7 nitrogen and oxygen atoms in total. The van der Waals surface area contributed by atoms with Gasteiger partial charge in [0.1, 0.15) is 22.6 Å². The molecular formula is C19H21FN4O3S. The van der Waals surface area contributed by atoms with Crippen LogP contribution in [0, 0.1) is 11.7 Å². The number of carbonyl (C=O) groups is 1. The quantitative estimate of drug-likeness (QED) is 0.562. The molecule has 0 bridgehead atoms. The summed E-state index contributed by atoms with van der Waals surface area (Å²) in [6, 6.07) is 11.4. The Balaban J connectivity index is 1.72. The van der Waals surface area contributed by atoms with E-state index in [9.17, 15) is 17.6 Å². The van der Waals surface area contributed by atoms with Crippen LogP contribution in [-0.4, -0.2) is 30.3 Å². The molecule has 0 aliphatic carbocycles. The number of hydrogen-bond donors (Lipinski definition) is 3. The zero-order valence-corrected chi connectivity index (χ0v) is 16.3. The molecule has 148 valence electrons. The maximum absolute atomic E-state index is 13.9. The van der Waals surface area contributed by atoms with Crippen LogP contribution in [0.2, 0.25) is 0 Å². The molecule has 28 heavy (non-hydrogen) atoms. The molecule has 9 heteroatoms. The summed E-state index contributed by atoms with van der Waals surface area (Å²) in [5.41, 5.74) is 1.61. The Hall–Kier alpha value is -2.78. The minimum absolute atomic E-state index is 0.109. The van der Waals surface area contributed by atoms with Gasteiger partial charge in [-0.05, 0) is 30.2 Å². The van der Waals surface area contributed by atoms with Crippen molar-refractivity contribution >= 4 is 27.0 Å². The third-order valence-corrected chi connectivity index (χ3v) is 5.70. The highest BCUT2D eigenvalue weighted by Gasteiger charge is 2.29. The Morgan fingerprint density at radius 2 is 1.82 bits per heavy atom. The standard InChI is InChI=1S/C19H21FN4O3S/c1-12(2)18(24-28(26,27)16-10-6-3-7-13(16)20)19(25)21-11-17-22-14-8-4-5-9-15(14)23-17/h3-10,12,18,24H,11H2,1-2H3,(H,21,25)(H,22,23)/t18-/m0/s1. The number of halogens is 1. The second-order valence-electron chi connectivity index (χ2n) is 6.69. The number of hydrogen-bond acceptors (Lipinski definition) is 4. The summed E-state index contributed by atoms with van der Waals surface area (Å²) >= 11 is 0. The zero-order valence-electron chi connectivity index (χ0n) is 15.4. The van der Waals surface area contributed by atoms with Gasteiger partial charge in [-0.3, -0.25) is 4.79 Å². The Bertz CT molecular complexity index is 1060. The molecule has 0 aliphatic rings. The van der Waals surface area contributed by atoms with Crippen molar-refractivity contribution in [2.24, 2.45) is 5.92 Å². The molecule has 0 radical (unpaired) electrons. The Morgan fingerprint density at radius 1 is 1.14 bits per heavy atom. The summed E-state index contributed by atoms with van der Waals surface area (Å²) in [7, 11) is -4.19. The number of aromatic nitrogens is 2. The molecule has 0 saturated carbocycles. The van der Waals surface area contributed by atoms with E-state index in [1.807, 2.05) is 24.3 Å². The first kappa shape index (κ1) is 20.0. The second kappa shape index (κ2) is 8.07. The number of benzene rings is 2. The maximum atomic E-state index is 13.9. The third kappa shape index (κ3) is 4.37. The molecule has 0 aliphatic heterocycles. The molecule has 0 saturated heterocycles. The average molecular weight is 404 g/mol. The molecule has 1 amide bonds. The van der Waals surface area contributed by atoms with E-state index in [1.54, 1.807) is 13.8 Å². The summed E-state index contributed by atoms with van der Waals surface area (Å²) in [6.07, 6.45) is 0. The lowest BCUT2D eigenvalue weighted by Crippen LogP contribution is -2.49. The number of imidazole rings is 1. The molecular weight excluding hydrogens is 383 g/mol. The van der Waals surface area contributed by atoms with Crippen LogP contribution < -0.4 is 10.0 Å². The zero-order chi connectivity index (χ0) is 20.3. The highest BCUT2D eigenvalue weighted by Crippen LogP contribution is 2.16. The van der Waals surface area contributed by atoms with Crippen LogP contribution in [-0.2, 0) is 21.4 Å². The first-order chi connectivity index (χ1) is 13.3. The third-order valence-electron chi connectivity index (χ3n) is 4.23. The summed E-state index contributed by atoms with van der Waals surface area (Å²) in [5, 5.41) is 2.68. The predicted molar refractivity (Wildman–Crippen MR) is 103 cm³/mol. The smallest absolute Gasteiger partial charge is 0.244 e. The molecule has 1 heterocycles. The van der Waals surface area contributed by atoms with Gasteiger partial charge in [0, 0.05) is 0 Å². The Morgan fingerprint density at radius 3 is 2.50 bits per heavy atom. The van der Waals surface area contributed by atoms with E-state index in [0.717, 1.165) is 23.2 Å². The highest BCUT2D eigenvalue weighted by atomic mass is 32.2. The summed E-state index contributed by atoms with van der Waals surface area (Å²) in [6.45, 7) is 3.52. The topological polar surface area (TPSA) is 104 Å². The van der Waals surface area contributed by atoms with Gasteiger partial charge in [0.25, 0.3) is 0 Å². The van der Waals surface area contributed by atoms with Crippen LogP contribution in [0.15, 0.2) is 53.4 Å². The molecule has 3 aromatic rings. The molecule has 0 spiro atoms. The van der Waals surface area contributed by atoms with Gasteiger partial charge in [-0.1, -0.05) is 38.1 Å². The molecule has 1 aromatic heterocycles. The Labute approximate surface area is 162 Å². The van der Waals surface area contributed by atoms with E-state index in [2.05, 4.69) is 20.0 Å². The van der Waals surface area contributed by atoms with Crippen molar-refractivity contribution in [2.45, 2.75) is 31.3 Å². The minimum atomic E-state index is -4.19. The molecule has 0 fully saturated rings. The van der Waals surface area contributed by atoms with Crippen molar-refractivity contribution in [3.63, 3.8) is 0 Å². The number of sulfonamides is 1. The monoisotopic (exact) mass is 404 g/mol. The minimum Gasteiger partial charge on any atom is -0.347 e. The van der Waals surface area contributed by atoms with Gasteiger partial charge in [0.15, 0.2) is 0 Å². The van der Waals surface area contributed by atoms with Crippen molar-refractivity contribution < 1.29 is 17.6 Å². The van der Waals surface area contributed by atoms with Crippen LogP contribution in [0.1, 0.15) is 19.7 Å². The normalized spacial score (nSPS) is 13.0. The number of rotatable bonds is 7. The highest BCUT2D eigenvalue weighted by molar-refractivity contribution is 7.89. The number of para-hydroxylation sites is 2. The fourth-order valence-corrected chi connectivity index (χ4v) is 4.18. The van der Waals surface area contributed by atoms with Crippen LogP contribution in [0.5, 0.6) is 0 Å². The van der Waals surface area contributed by atoms with Gasteiger partial charge in [-0.25, -0.2) is 17.8 Å². The van der Waals surface area contributed by atoms with E-state index in [0.29, 0.717) is 5.82 Å². The lowest BCUT2D eigenvalue weighted by Gasteiger charge is -2.21. The van der Waals surface area contributed by atoms with Crippen molar-refractivity contribution in [1.82, 2.24) is 20.0 Å². The van der Waals surface area contributed by atoms with Crippen LogP contribution in [0.3, 0.4) is 0 Å². The molecule has 1 atom stereocenters. The van der Waals surface area contributed by atoms with Gasteiger partial charge in [0.05, 0.1) is 17.6 Å². The van der Waals surface area contributed by atoms with E-state index in [4.69, 9.17) is 0 Å². The van der Waals surface area contributed by atoms with Gasteiger partial charge >= 0.3 is 0 Å². The van der Waals surface area contributed by atoms with Crippen LogP contribution >= 0.6 is 0 Å². The number of aromatic amines is 1. The van der Waals surface area contributed by atoms with Crippen molar-refractivity contribution in [3.05, 3.63) is 60.2 Å². The first-order valence-corrected chi connectivity index (χ1v) is 10.2. The number of amides is 1. The predicted octanol–water partition coefficient (Wildman–Crippen LogP) is 2.32. The summed E-state index contributed by atoms with van der Waals surface area (Å²) < 4.78 is 41.2. The number of carbonyl (C=O) groups excluding carboxylic acids is 1. The van der Waals surface area contributed by atoms with E-state index in [1.165, 1.54) is 12.1 Å².